The maximum absolute atomic E-state index is 2.56. The highest BCUT2D eigenvalue weighted by Gasteiger charge is 2.51. The maximum Gasteiger partial charge on any atom is 0.128 e. The molecule has 2 aromatic rings. The molecule has 25 heavy (non-hydrogen) atoms. The molecule has 0 bridgehead atoms. The minimum atomic E-state index is -2.04. The number of allylic oxidation sites excluding steroid dienone is 4. The van der Waals surface area contributed by atoms with Gasteiger partial charge in [0.05, 0.1) is 0 Å². The third-order valence-corrected chi connectivity index (χ3v) is 12.2. The van der Waals surface area contributed by atoms with Crippen molar-refractivity contribution in [3.05, 3.63) is 82.5 Å². The molecule has 2 atom stereocenters. The van der Waals surface area contributed by atoms with Gasteiger partial charge in [0.25, 0.3) is 0 Å². The predicted octanol–water partition coefficient (Wildman–Crippen LogP) is 5.55. The average molecular weight is 347 g/mol. The van der Waals surface area contributed by atoms with E-state index in [1.807, 2.05) is 0 Å². The zero-order valence-electron chi connectivity index (χ0n) is 16.7. The summed E-state index contributed by atoms with van der Waals surface area (Å²) >= 11 is 0. The summed E-state index contributed by atoms with van der Waals surface area (Å²) in [4.78, 5) is 0. The van der Waals surface area contributed by atoms with E-state index in [2.05, 4.69) is 103 Å². The second-order valence-electron chi connectivity index (χ2n) is 8.15. The van der Waals surface area contributed by atoms with Crippen molar-refractivity contribution in [3.63, 3.8) is 0 Å². The fraction of sp³-hybridized carbons (Fsp3) is 0.333. The van der Waals surface area contributed by atoms with Gasteiger partial charge in [0.15, 0.2) is 0 Å². The smallest absolute Gasteiger partial charge is 0.0733 e. The fourth-order valence-electron chi connectivity index (χ4n) is 4.66. The number of hydrogen-bond donors (Lipinski definition) is 0. The molecule has 0 saturated heterocycles. The van der Waals surface area contributed by atoms with E-state index in [1.165, 1.54) is 32.6 Å². The maximum atomic E-state index is 2.56. The van der Waals surface area contributed by atoms with Gasteiger partial charge in [0.1, 0.15) is 8.07 Å². The van der Waals surface area contributed by atoms with Gasteiger partial charge in [0.2, 0.25) is 0 Å². The molecular formula is C24H30Si. The van der Waals surface area contributed by atoms with Gasteiger partial charge in [-0.1, -0.05) is 101 Å². The van der Waals surface area contributed by atoms with Crippen molar-refractivity contribution in [2.45, 2.75) is 53.1 Å². The summed E-state index contributed by atoms with van der Waals surface area (Å²) in [5.74, 6) is 0. The molecule has 0 fully saturated rings. The van der Waals surface area contributed by atoms with Crippen LogP contribution < -0.4 is 10.4 Å². The highest BCUT2D eigenvalue weighted by Crippen LogP contribution is 2.52. The van der Waals surface area contributed by atoms with Crippen LogP contribution in [0.4, 0.5) is 0 Å². The van der Waals surface area contributed by atoms with E-state index in [0.29, 0.717) is 0 Å². The lowest BCUT2D eigenvalue weighted by atomic mass is 10.0. The van der Waals surface area contributed by atoms with Crippen molar-refractivity contribution < 1.29 is 0 Å². The normalized spacial score (nSPS) is 22.8. The Kier molecular flexibility index (Phi) is 4.41. The molecule has 0 aliphatic heterocycles. The molecule has 3 rings (SSSR count). The second-order valence-corrected chi connectivity index (χ2v) is 12.6. The number of benzene rings is 2. The molecule has 0 aromatic heterocycles. The molecule has 0 amide bonds. The van der Waals surface area contributed by atoms with Crippen LogP contribution in [0.1, 0.15) is 38.8 Å². The van der Waals surface area contributed by atoms with Crippen LogP contribution in [0, 0.1) is 13.8 Å². The number of hydrogen-bond acceptors (Lipinski definition) is 0. The Morgan fingerprint density at radius 2 is 1.32 bits per heavy atom. The van der Waals surface area contributed by atoms with Crippen molar-refractivity contribution in [3.8, 4) is 0 Å². The minimum absolute atomic E-state index is 0.1000. The van der Waals surface area contributed by atoms with Gasteiger partial charge in [-0.05, 0) is 40.2 Å². The van der Waals surface area contributed by atoms with E-state index in [0.717, 1.165) is 0 Å². The number of rotatable bonds is 3. The van der Waals surface area contributed by atoms with E-state index >= 15 is 0 Å². The highest BCUT2D eigenvalue weighted by atomic mass is 28.3. The van der Waals surface area contributed by atoms with Crippen LogP contribution in [0.3, 0.4) is 0 Å². The molecule has 2 unspecified atom stereocenters. The van der Waals surface area contributed by atoms with E-state index in [1.54, 1.807) is 5.57 Å². The topological polar surface area (TPSA) is 0 Å². The lowest BCUT2D eigenvalue weighted by Crippen LogP contribution is -2.63. The van der Waals surface area contributed by atoms with Crippen molar-refractivity contribution in [2.75, 3.05) is 0 Å². The lowest BCUT2D eigenvalue weighted by molar-refractivity contribution is 0.864. The Labute approximate surface area is 154 Å². The van der Waals surface area contributed by atoms with Crippen LogP contribution in [0.25, 0.3) is 0 Å². The second kappa shape index (κ2) is 6.14. The van der Waals surface area contributed by atoms with Crippen molar-refractivity contribution in [1.82, 2.24) is 0 Å². The van der Waals surface area contributed by atoms with Gasteiger partial charge in [-0.3, -0.25) is 0 Å². The molecule has 1 aliphatic carbocycles. The molecule has 1 heteroatoms. The molecule has 0 N–H and O–H groups in total. The van der Waals surface area contributed by atoms with E-state index in [-0.39, 0.29) is 5.04 Å². The van der Waals surface area contributed by atoms with E-state index in [4.69, 9.17) is 0 Å². The monoisotopic (exact) mass is 346 g/mol. The third kappa shape index (κ3) is 2.66. The predicted molar refractivity (Wildman–Crippen MR) is 114 cm³/mol. The van der Waals surface area contributed by atoms with Crippen LogP contribution in [-0.4, -0.2) is 8.07 Å². The van der Waals surface area contributed by atoms with Crippen molar-refractivity contribution in [2.24, 2.45) is 0 Å². The minimum Gasteiger partial charge on any atom is -0.0733 e. The molecule has 0 spiro atoms. The van der Waals surface area contributed by atoms with E-state index < -0.39 is 8.07 Å². The van der Waals surface area contributed by atoms with Gasteiger partial charge in [-0.15, -0.1) is 0 Å². The van der Waals surface area contributed by atoms with Crippen LogP contribution in [0.5, 0.6) is 0 Å². The van der Waals surface area contributed by atoms with Crippen LogP contribution in [0.15, 0.2) is 71.3 Å². The molecule has 0 nitrogen and oxygen atoms in total. The quantitative estimate of drug-likeness (QED) is 0.639. The van der Waals surface area contributed by atoms with Crippen LogP contribution in [0.2, 0.25) is 11.6 Å². The summed E-state index contributed by atoms with van der Waals surface area (Å²) < 4.78 is 0. The summed E-state index contributed by atoms with van der Waals surface area (Å²) in [5, 5.41) is 3.15. The summed E-state index contributed by atoms with van der Waals surface area (Å²) in [7, 11) is -2.04. The fourth-order valence-corrected chi connectivity index (χ4v) is 9.52. The standard InChI is InChI=1S/C24H30Si/c1-17-13-18(2)15-23(14-17)25(7,22-11-9-8-10-12-22)24(6)16-19(3)20(4)21(24)5/h8-16H,1-7H3. The van der Waals surface area contributed by atoms with Crippen LogP contribution in [-0.2, 0) is 0 Å². The molecule has 1 aliphatic rings. The first-order valence-corrected chi connectivity index (χ1v) is 11.7. The first-order chi connectivity index (χ1) is 11.7. The zero-order chi connectivity index (χ0) is 18.4. The Bertz CT molecular complexity index is 852. The highest BCUT2D eigenvalue weighted by molar-refractivity contribution is 7.04. The Morgan fingerprint density at radius 3 is 1.80 bits per heavy atom. The summed E-state index contributed by atoms with van der Waals surface area (Å²) in [5.41, 5.74) is 7.19. The van der Waals surface area contributed by atoms with Crippen molar-refractivity contribution in [1.29, 1.82) is 0 Å². The molecule has 2 aromatic carbocycles. The first-order valence-electron chi connectivity index (χ1n) is 9.22. The van der Waals surface area contributed by atoms with Gasteiger partial charge >= 0.3 is 0 Å². The Balaban J connectivity index is 2.36. The molecule has 0 heterocycles. The average Bonchev–Trinajstić information content (AvgIpc) is 2.78. The SMILES string of the molecule is CC1=CC(C)([Si](C)(c2ccccc2)c2cc(C)cc(C)c2)C(C)=C1C. The number of aryl methyl sites for hydroxylation is 2. The summed E-state index contributed by atoms with van der Waals surface area (Å²) in [6.45, 7) is 16.4. The van der Waals surface area contributed by atoms with E-state index in [9.17, 15) is 0 Å². The molecular weight excluding hydrogens is 316 g/mol. The van der Waals surface area contributed by atoms with Gasteiger partial charge in [-0.2, -0.15) is 0 Å². The molecule has 130 valence electrons. The zero-order valence-corrected chi connectivity index (χ0v) is 17.7. The third-order valence-electron chi connectivity index (χ3n) is 6.63. The first kappa shape index (κ1) is 17.9. The van der Waals surface area contributed by atoms with Crippen molar-refractivity contribution >= 4 is 18.4 Å². The largest absolute Gasteiger partial charge is 0.128 e. The molecule has 0 radical (unpaired) electrons. The Morgan fingerprint density at radius 1 is 0.760 bits per heavy atom. The summed E-state index contributed by atoms with van der Waals surface area (Å²) in [6, 6.07) is 18.4. The van der Waals surface area contributed by atoms with Crippen LogP contribution >= 0.6 is 0 Å². The molecule has 0 saturated carbocycles. The summed E-state index contributed by atoms with van der Waals surface area (Å²) in [6.07, 6.45) is 2.55. The Hall–Kier alpha value is -1.86. The van der Waals surface area contributed by atoms with Gasteiger partial charge in [0, 0.05) is 5.04 Å². The van der Waals surface area contributed by atoms with Gasteiger partial charge in [-0.25, -0.2) is 0 Å². The lowest BCUT2D eigenvalue weighted by Gasteiger charge is -2.44. The van der Waals surface area contributed by atoms with Gasteiger partial charge < -0.3 is 0 Å².